The number of anilines is 1. The van der Waals surface area contributed by atoms with Gasteiger partial charge in [0.25, 0.3) is 0 Å². The van der Waals surface area contributed by atoms with Crippen LogP contribution in [-0.2, 0) is 0 Å². The maximum absolute atomic E-state index is 5.74. The zero-order chi connectivity index (χ0) is 10.8. The summed E-state index contributed by atoms with van der Waals surface area (Å²) in [6.45, 7) is 4.10. The Morgan fingerprint density at radius 3 is 2.47 bits per heavy atom. The second kappa shape index (κ2) is 3.73. The Kier molecular flexibility index (Phi) is 2.41. The van der Waals surface area contributed by atoms with E-state index in [4.69, 9.17) is 5.73 Å². The van der Waals surface area contributed by atoms with Crippen LogP contribution in [0, 0.1) is 0 Å². The smallest absolute Gasteiger partial charge is 0.142 e. The fourth-order valence-corrected chi connectivity index (χ4v) is 1.35. The van der Waals surface area contributed by atoms with Crippen LogP contribution in [0.25, 0.3) is 5.82 Å². The SMILES string of the molecule is CC(C)c1nc(N)cc(-n2cccc2)n1. The first-order chi connectivity index (χ1) is 7.16. The molecule has 0 aliphatic heterocycles. The number of nitrogens with two attached hydrogens (primary N) is 1. The molecule has 2 rings (SSSR count). The van der Waals surface area contributed by atoms with E-state index in [1.165, 1.54) is 0 Å². The van der Waals surface area contributed by atoms with Crippen molar-refractivity contribution in [3.05, 3.63) is 36.4 Å². The Labute approximate surface area is 88.8 Å². The summed E-state index contributed by atoms with van der Waals surface area (Å²) >= 11 is 0. The van der Waals surface area contributed by atoms with E-state index in [2.05, 4.69) is 9.97 Å². The number of hydrogen-bond donors (Lipinski definition) is 1. The molecule has 2 aromatic heterocycles. The summed E-state index contributed by atoms with van der Waals surface area (Å²) in [6.07, 6.45) is 3.87. The highest BCUT2D eigenvalue weighted by Crippen LogP contribution is 2.14. The van der Waals surface area contributed by atoms with Gasteiger partial charge in [0.2, 0.25) is 0 Å². The van der Waals surface area contributed by atoms with Crippen molar-refractivity contribution in [1.82, 2.24) is 14.5 Å². The average molecular weight is 202 g/mol. The number of nitrogens with zero attached hydrogens (tertiary/aromatic N) is 3. The zero-order valence-electron chi connectivity index (χ0n) is 8.88. The summed E-state index contributed by atoms with van der Waals surface area (Å²) in [6, 6.07) is 5.67. The molecule has 2 N–H and O–H groups in total. The van der Waals surface area contributed by atoms with E-state index in [9.17, 15) is 0 Å². The van der Waals surface area contributed by atoms with Crippen LogP contribution in [0.5, 0.6) is 0 Å². The first-order valence-corrected chi connectivity index (χ1v) is 4.94. The van der Waals surface area contributed by atoms with Crippen LogP contribution in [-0.4, -0.2) is 14.5 Å². The van der Waals surface area contributed by atoms with Crippen molar-refractivity contribution in [1.29, 1.82) is 0 Å². The van der Waals surface area contributed by atoms with Crippen LogP contribution in [0.3, 0.4) is 0 Å². The van der Waals surface area contributed by atoms with Gasteiger partial charge < -0.3 is 10.3 Å². The fraction of sp³-hybridized carbons (Fsp3) is 0.273. The molecule has 4 heteroatoms. The molecule has 2 heterocycles. The Bertz CT molecular complexity index is 446. The van der Waals surface area contributed by atoms with Gasteiger partial charge in [0, 0.05) is 24.4 Å². The second-order valence-corrected chi connectivity index (χ2v) is 3.75. The number of hydrogen-bond acceptors (Lipinski definition) is 3. The van der Waals surface area contributed by atoms with Crippen LogP contribution in [0.2, 0.25) is 0 Å². The Morgan fingerprint density at radius 2 is 1.87 bits per heavy atom. The molecule has 0 fully saturated rings. The molecule has 0 aliphatic rings. The molecule has 2 aromatic rings. The minimum atomic E-state index is 0.280. The van der Waals surface area contributed by atoms with Gasteiger partial charge in [-0.3, -0.25) is 0 Å². The van der Waals surface area contributed by atoms with Gasteiger partial charge in [-0.05, 0) is 12.1 Å². The molecule has 0 atom stereocenters. The topological polar surface area (TPSA) is 56.7 Å². The summed E-state index contributed by atoms with van der Waals surface area (Å²) in [5.41, 5.74) is 5.74. The molecule has 0 aromatic carbocycles. The molecule has 0 radical (unpaired) electrons. The summed E-state index contributed by atoms with van der Waals surface area (Å²) in [4.78, 5) is 8.64. The molecular formula is C11H14N4. The van der Waals surface area contributed by atoms with E-state index in [1.54, 1.807) is 6.07 Å². The van der Waals surface area contributed by atoms with E-state index in [0.717, 1.165) is 11.6 Å². The lowest BCUT2D eigenvalue weighted by molar-refractivity contribution is 0.765. The van der Waals surface area contributed by atoms with Gasteiger partial charge in [-0.15, -0.1) is 0 Å². The molecule has 0 unspecified atom stereocenters. The largest absolute Gasteiger partial charge is 0.384 e. The van der Waals surface area contributed by atoms with Gasteiger partial charge in [0.05, 0.1) is 0 Å². The van der Waals surface area contributed by atoms with Crippen molar-refractivity contribution in [3.63, 3.8) is 0 Å². The van der Waals surface area contributed by atoms with Gasteiger partial charge >= 0.3 is 0 Å². The Balaban J connectivity index is 2.49. The summed E-state index contributed by atoms with van der Waals surface area (Å²) in [7, 11) is 0. The highest BCUT2D eigenvalue weighted by atomic mass is 15.1. The highest BCUT2D eigenvalue weighted by Gasteiger charge is 2.06. The van der Waals surface area contributed by atoms with Crippen molar-refractivity contribution in [2.45, 2.75) is 19.8 Å². The third kappa shape index (κ3) is 1.98. The molecule has 78 valence electrons. The van der Waals surface area contributed by atoms with Gasteiger partial charge in [0.15, 0.2) is 0 Å². The van der Waals surface area contributed by atoms with Crippen LogP contribution < -0.4 is 5.73 Å². The van der Waals surface area contributed by atoms with Crippen LogP contribution >= 0.6 is 0 Å². The lowest BCUT2D eigenvalue weighted by Gasteiger charge is -2.08. The summed E-state index contributed by atoms with van der Waals surface area (Å²) in [5, 5.41) is 0. The summed E-state index contributed by atoms with van der Waals surface area (Å²) < 4.78 is 1.92. The number of aromatic nitrogens is 3. The van der Waals surface area contributed by atoms with Crippen LogP contribution in [0.4, 0.5) is 5.82 Å². The molecule has 0 aliphatic carbocycles. The fourth-order valence-electron chi connectivity index (χ4n) is 1.35. The third-order valence-electron chi connectivity index (χ3n) is 2.14. The van der Waals surface area contributed by atoms with E-state index in [0.29, 0.717) is 5.82 Å². The second-order valence-electron chi connectivity index (χ2n) is 3.75. The molecule has 0 amide bonds. The molecular weight excluding hydrogens is 188 g/mol. The van der Waals surface area contributed by atoms with Crippen LogP contribution in [0.15, 0.2) is 30.6 Å². The Hall–Kier alpha value is -1.84. The van der Waals surface area contributed by atoms with Crippen molar-refractivity contribution in [2.24, 2.45) is 0 Å². The molecule has 0 bridgehead atoms. The normalized spacial score (nSPS) is 10.9. The number of nitrogen functional groups attached to an aromatic ring is 1. The van der Waals surface area contributed by atoms with E-state index in [-0.39, 0.29) is 5.92 Å². The maximum Gasteiger partial charge on any atom is 0.142 e. The van der Waals surface area contributed by atoms with Gasteiger partial charge in [-0.2, -0.15) is 0 Å². The molecule has 15 heavy (non-hydrogen) atoms. The lowest BCUT2D eigenvalue weighted by Crippen LogP contribution is -2.05. The van der Waals surface area contributed by atoms with Crippen LogP contribution in [0.1, 0.15) is 25.6 Å². The predicted molar refractivity (Wildman–Crippen MR) is 59.9 cm³/mol. The molecule has 0 saturated heterocycles. The van der Waals surface area contributed by atoms with Gasteiger partial charge in [-0.1, -0.05) is 13.8 Å². The van der Waals surface area contributed by atoms with E-state index in [1.807, 2.05) is 42.9 Å². The Morgan fingerprint density at radius 1 is 1.20 bits per heavy atom. The van der Waals surface area contributed by atoms with Crippen molar-refractivity contribution in [2.75, 3.05) is 5.73 Å². The van der Waals surface area contributed by atoms with Crippen molar-refractivity contribution >= 4 is 5.82 Å². The van der Waals surface area contributed by atoms with E-state index >= 15 is 0 Å². The monoisotopic (exact) mass is 202 g/mol. The quantitative estimate of drug-likeness (QED) is 0.810. The lowest BCUT2D eigenvalue weighted by atomic mass is 10.2. The van der Waals surface area contributed by atoms with Crippen molar-refractivity contribution < 1.29 is 0 Å². The summed E-state index contributed by atoms with van der Waals surface area (Å²) in [5.74, 6) is 2.38. The zero-order valence-corrected chi connectivity index (χ0v) is 8.88. The average Bonchev–Trinajstić information content (AvgIpc) is 2.69. The first kappa shape index (κ1) is 9.71. The number of rotatable bonds is 2. The van der Waals surface area contributed by atoms with Gasteiger partial charge in [0.1, 0.15) is 17.5 Å². The molecule has 0 spiro atoms. The standard InChI is InChI=1S/C11H14N4/c1-8(2)11-13-9(12)7-10(14-11)15-5-3-4-6-15/h3-8H,1-2H3,(H2,12,13,14). The maximum atomic E-state index is 5.74. The predicted octanol–water partition coefficient (Wildman–Crippen LogP) is 1.97. The minimum absolute atomic E-state index is 0.280. The minimum Gasteiger partial charge on any atom is -0.384 e. The molecule has 4 nitrogen and oxygen atoms in total. The van der Waals surface area contributed by atoms with Crippen molar-refractivity contribution in [3.8, 4) is 5.82 Å². The first-order valence-electron chi connectivity index (χ1n) is 4.94. The third-order valence-corrected chi connectivity index (χ3v) is 2.14. The highest BCUT2D eigenvalue weighted by molar-refractivity contribution is 5.38. The van der Waals surface area contributed by atoms with E-state index < -0.39 is 0 Å². The van der Waals surface area contributed by atoms with Gasteiger partial charge in [-0.25, -0.2) is 9.97 Å². The molecule has 0 saturated carbocycles.